The van der Waals surface area contributed by atoms with Crippen molar-refractivity contribution in [1.29, 1.82) is 0 Å². The number of nitrogens with one attached hydrogen (secondary N) is 1. The maximum absolute atomic E-state index is 10.5. The van der Waals surface area contributed by atoms with Gasteiger partial charge in [-0.15, -0.1) is 0 Å². The number of hydrogen-bond donors (Lipinski definition) is 2. The lowest BCUT2D eigenvalue weighted by molar-refractivity contribution is -0.179. The summed E-state index contributed by atoms with van der Waals surface area (Å²) in [6.45, 7) is 3.91. The van der Waals surface area contributed by atoms with Gasteiger partial charge in [-0.05, 0) is 42.2 Å². The van der Waals surface area contributed by atoms with Crippen molar-refractivity contribution in [2.24, 2.45) is 0 Å². The Kier molecular flexibility index (Phi) is 4.15. The van der Waals surface area contributed by atoms with Crippen LogP contribution in [-0.4, -0.2) is 36.7 Å². The highest BCUT2D eigenvalue weighted by molar-refractivity contribution is 7.08. The van der Waals surface area contributed by atoms with Crippen LogP contribution in [0.1, 0.15) is 38.2 Å². The molecule has 2 fully saturated rings. The third-order valence-corrected chi connectivity index (χ3v) is 5.12. The van der Waals surface area contributed by atoms with Crippen LogP contribution in [0.5, 0.6) is 0 Å². The van der Waals surface area contributed by atoms with Crippen molar-refractivity contribution in [2.75, 3.05) is 19.8 Å². The fourth-order valence-corrected chi connectivity index (χ4v) is 3.85. The van der Waals surface area contributed by atoms with E-state index < -0.39 is 5.60 Å². The first-order chi connectivity index (χ1) is 9.60. The van der Waals surface area contributed by atoms with E-state index in [1.807, 2.05) is 23.8 Å². The van der Waals surface area contributed by atoms with E-state index in [0.29, 0.717) is 12.6 Å². The predicted octanol–water partition coefficient (Wildman–Crippen LogP) is 2.23. The van der Waals surface area contributed by atoms with Gasteiger partial charge in [0.05, 0.1) is 18.8 Å². The fourth-order valence-electron chi connectivity index (χ4n) is 3.06. The van der Waals surface area contributed by atoms with E-state index >= 15 is 0 Å². The van der Waals surface area contributed by atoms with E-state index in [-0.39, 0.29) is 5.79 Å². The Morgan fingerprint density at radius 2 is 2.10 bits per heavy atom. The lowest BCUT2D eigenvalue weighted by atomic mass is 9.89. The molecule has 2 N–H and O–H groups in total. The first kappa shape index (κ1) is 14.5. The Hall–Kier alpha value is -0.460. The van der Waals surface area contributed by atoms with Crippen LogP contribution in [0.3, 0.4) is 0 Å². The normalized spacial score (nSPS) is 25.9. The van der Waals surface area contributed by atoms with Gasteiger partial charge >= 0.3 is 0 Å². The third-order valence-electron chi connectivity index (χ3n) is 4.44. The highest BCUT2D eigenvalue weighted by atomic mass is 32.1. The molecule has 1 aliphatic carbocycles. The molecular weight excluding hydrogens is 274 g/mol. The number of thiophene rings is 1. The molecule has 0 radical (unpaired) electrons. The van der Waals surface area contributed by atoms with Crippen LogP contribution in [0, 0.1) is 0 Å². The second-order valence-corrected chi connectivity index (χ2v) is 6.83. The van der Waals surface area contributed by atoms with Gasteiger partial charge in [-0.2, -0.15) is 11.3 Å². The zero-order valence-corrected chi connectivity index (χ0v) is 12.7. The van der Waals surface area contributed by atoms with Gasteiger partial charge in [0.25, 0.3) is 0 Å². The van der Waals surface area contributed by atoms with Gasteiger partial charge in [0.1, 0.15) is 0 Å². The standard InChI is InChI=1S/C15H23NO3S/c1-14(17,12-4-9-20-10-12)11-16-13-2-5-15(6-3-13)18-7-8-19-15/h4,9-10,13,16-17H,2-3,5-8,11H2,1H3. The Balaban J connectivity index is 1.48. The van der Waals surface area contributed by atoms with E-state index in [0.717, 1.165) is 44.5 Å². The summed E-state index contributed by atoms with van der Waals surface area (Å²) in [5.74, 6) is -0.298. The van der Waals surface area contributed by atoms with Crippen molar-refractivity contribution in [2.45, 2.75) is 50.0 Å². The van der Waals surface area contributed by atoms with Gasteiger partial charge in [-0.25, -0.2) is 0 Å². The fraction of sp³-hybridized carbons (Fsp3) is 0.733. The molecule has 3 rings (SSSR count). The molecule has 5 heteroatoms. The highest BCUT2D eigenvalue weighted by Gasteiger charge is 2.40. The van der Waals surface area contributed by atoms with Crippen molar-refractivity contribution in [3.8, 4) is 0 Å². The molecule has 1 aliphatic heterocycles. The summed E-state index contributed by atoms with van der Waals surface area (Å²) in [6, 6.07) is 2.43. The summed E-state index contributed by atoms with van der Waals surface area (Å²) < 4.78 is 11.5. The van der Waals surface area contributed by atoms with Gasteiger partial charge in [0, 0.05) is 25.4 Å². The molecule has 1 spiro atoms. The molecule has 20 heavy (non-hydrogen) atoms. The minimum absolute atomic E-state index is 0.298. The van der Waals surface area contributed by atoms with Gasteiger partial charge < -0.3 is 19.9 Å². The minimum Gasteiger partial charge on any atom is -0.384 e. The molecule has 0 amide bonds. The van der Waals surface area contributed by atoms with E-state index in [2.05, 4.69) is 5.32 Å². The zero-order valence-electron chi connectivity index (χ0n) is 11.9. The van der Waals surface area contributed by atoms with Crippen molar-refractivity contribution >= 4 is 11.3 Å². The molecule has 0 aromatic carbocycles. The summed E-state index contributed by atoms with van der Waals surface area (Å²) >= 11 is 1.62. The van der Waals surface area contributed by atoms with Crippen LogP contribution in [0.4, 0.5) is 0 Å². The predicted molar refractivity (Wildman–Crippen MR) is 78.8 cm³/mol. The van der Waals surface area contributed by atoms with E-state index in [1.54, 1.807) is 11.3 Å². The molecule has 1 saturated heterocycles. The first-order valence-corrected chi connectivity index (χ1v) is 8.30. The summed E-state index contributed by atoms with van der Waals surface area (Å²) in [5, 5.41) is 18.0. The van der Waals surface area contributed by atoms with Gasteiger partial charge in [-0.3, -0.25) is 0 Å². The zero-order chi connectivity index (χ0) is 14.1. The molecule has 1 aromatic rings. The highest BCUT2D eigenvalue weighted by Crippen LogP contribution is 2.36. The average molecular weight is 297 g/mol. The molecule has 2 aliphatic rings. The molecular formula is C15H23NO3S. The van der Waals surface area contributed by atoms with E-state index in [9.17, 15) is 5.11 Å². The molecule has 1 atom stereocenters. The van der Waals surface area contributed by atoms with Gasteiger partial charge in [0.15, 0.2) is 5.79 Å². The molecule has 1 aromatic heterocycles. The van der Waals surface area contributed by atoms with Crippen molar-refractivity contribution in [3.63, 3.8) is 0 Å². The summed E-state index contributed by atoms with van der Waals surface area (Å²) in [4.78, 5) is 0. The van der Waals surface area contributed by atoms with Crippen LogP contribution in [0.15, 0.2) is 16.8 Å². The SMILES string of the molecule is CC(O)(CNC1CCC2(CC1)OCCO2)c1ccsc1. The summed E-state index contributed by atoms with van der Waals surface area (Å²) in [7, 11) is 0. The van der Waals surface area contributed by atoms with Crippen LogP contribution in [0.2, 0.25) is 0 Å². The number of rotatable bonds is 4. The second kappa shape index (κ2) is 5.73. The maximum atomic E-state index is 10.5. The van der Waals surface area contributed by atoms with Crippen molar-refractivity contribution < 1.29 is 14.6 Å². The molecule has 1 saturated carbocycles. The van der Waals surface area contributed by atoms with Gasteiger partial charge in [0.2, 0.25) is 0 Å². The molecule has 4 nitrogen and oxygen atoms in total. The van der Waals surface area contributed by atoms with Crippen LogP contribution < -0.4 is 5.32 Å². The molecule has 2 heterocycles. The Bertz CT molecular complexity index is 416. The quantitative estimate of drug-likeness (QED) is 0.895. The number of ether oxygens (including phenoxy) is 2. The van der Waals surface area contributed by atoms with Crippen LogP contribution >= 0.6 is 11.3 Å². The minimum atomic E-state index is -0.796. The van der Waals surface area contributed by atoms with Crippen molar-refractivity contribution in [3.05, 3.63) is 22.4 Å². The van der Waals surface area contributed by atoms with Crippen LogP contribution in [-0.2, 0) is 15.1 Å². The molecule has 1 unspecified atom stereocenters. The summed E-state index contributed by atoms with van der Waals surface area (Å²) in [5.41, 5.74) is 0.194. The number of aliphatic hydroxyl groups is 1. The van der Waals surface area contributed by atoms with Crippen molar-refractivity contribution in [1.82, 2.24) is 5.32 Å². The van der Waals surface area contributed by atoms with E-state index in [4.69, 9.17) is 9.47 Å². The molecule has 112 valence electrons. The maximum Gasteiger partial charge on any atom is 0.168 e. The lowest BCUT2D eigenvalue weighted by Gasteiger charge is -2.36. The average Bonchev–Trinajstić information content (AvgIpc) is 3.10. The lowest BCUT2D eigenvalue weighted by Crippen LogP contribution is -2.46. The summed E-state index contributed by atoms with van der Waals surface area (Å²) in [6.07, 6.45) is 3.98. The Morgan fingerprint density at radius 1 is 1.40 bits per heavy atom. The Morgan fingerprint density at radius 3 is 2.70 bits per heavy atom. The smallest absolute Gasteiger partial charge is 0.168 e. The monoisotopic (exact) mass is 297 g/mol. The first-order valence-electron chi connectivity index (χ1n) is 7.36. The largest absolute Gasteiger partial charge is 0.384 e. The topological polar surface area (TPSA) is 50.7 Å². The second-order valence-electron chi connectivity index (χ2n) is 6.05. The Labute approximate surface area is 124 Å². The number of hydrogen-bond acceptors (Lipinski definition) is 5. The van der Waals surface area contributed by atoms with E-state index in [1.165, 1.54) is 0 Å². The molecule has 0 bridgehead atoms. The third kappa shape index (κ3) is 3.07. The van der Waals surface area contributed by atoms with Gasteiger partial charge in [-0.1, -0.05) is 0 Å². The van der Waals surface area contributed by atoms with Crippen LogP contribution in [0.25, 0.3) is 0 Å².